The Bertz CT molecular complexity index is 430. The van der Waals surface area contributed by atoms with Crippen LogP contribution in [0, 0.1) is 0 Å². The van der Waals surface area contributed by atoms with E-state index in [1.54, 1.807) is 25.1 Å². The van der Waals surface area contributed by atoms with Gasteiger partial charge >= 0.3 is 5.97 Å². The van der Waals surface area contributed by atoms with E-state index in [0.29, 0.717) is 22.1 Å². The molecule has 0 atom stereocenters. The number of hydrogen-bond donors (Lipinski definition) is 2. The number of allylic oxidation sites excluding steroid dienone is 1. The quantitative estimate of drug-likeness (QED) is 0.484. The number of rotatable bonds is 3. The van der Waals surface area contributed by atoms with Crippen molar-refractivity contribution in [1.29, 1.82) is 0 Å². The van der Waals surface area contributed by atoms with Crippen molar-refractivity contribution < 1.29 is 9.53 Å². The van der Waals surface area contributed by atoms with Gasteiger partial charge in [0.05, 0.1) is 18.5 Å². The molecule has 3 N–H and O–H groups in total. The van der Waals surface area contributed by atoms with E-state index in [2.05, 4.69) is 10.1 Å². The SMILES string of the molecule is COC(=O)/C=C(\C)Nc1ccc(Cl)cc1N. The number of ether oxygens (including phenoxy) is 1. The number of methoxy groups -OCH3 is 1. The van der Waals surface area contributed by atoms with Gasteiger partial charge in [0.25, 0.3) is 0 Å². The van der Waals surface area contributed by atoms with Crippen LogP contribution < -0.4 is 11.1 Å². The molecule has 1 aromatic carbocycles. The summed E-state index contributed by atoms with van der Waals surface area (Å²) in [4.78, 5) is 11.0. The average molecular weight is 241 g/mol. The van der Waals surface area contributed by atoms with E-state index in [1.807, 2.05) is 0 Å². The summed E-state index contributed by atoms with van der Waals surface area (Å²) in [6.45, 7) is 1.74. The average Bonchev–Trinajstić information content (AvgIpc) is 2.22. The normalized spacial score (nSPS) is 11.1. The number of nitrogen functional groups attached to an aromatic ring is 1. The highest BCUT2D eigenvalue weighted by Gasteiger charge is 2.01. The first-order valence-electron chi connectivity index (χ1n) is 4.61. The number of nitrogens with two attached hydrogens (primary N) is 1. The van der Waals surface area contributed by atoms with E-state index < -0.39 is 5.97 Å². The molecule has 1 rings (SSSR count). The van der Waals surface area contributed by atoms with Crippen LogP contribution in [0.5, 0.6) is 0 Å². The maximum Gasteiger partial charge on any atom is 0.332 e. The van der Waals surface area contributed by atoms with Gasteiger partial charge in [-0.2, -0.15) is 0 Å². The maximum absolute atomic E-state index is 11.0. The first-order chi connectivity index (χ1) is 7.52. The molecule has 0 fully saturated rings. The van der Waals surface area contributed by atoms with Crippen molar-refractivity contribution in [1.82, 2.24) is 0 Å². The molecule has 0 aliphatic rings. The topological polar surface area (TPSA) is 64.3 Å². The summed E-state index contributed by atoms with van der Waals surface area (Å²) in [5.74, 6) is -0.419. The summed E-state index contributed by atoms with van der Waals surface area (Å²) in [7, 11) is 1.32. The van der Waals surface area contributed by atoms with E-state index in [-0.39, 0.29) is 0 Å². The standard InChI is InChI=1S/C11H13ClN2O2/c1-7(5-11(15)16-2)14-10-4-3-8(12)6-9(10)13/h3-6,14H,13H2,1-2H3/b7-5+. The number of esters is 1. The largest absolute Gasteiger partial charge is 0.466 e. The van der Waals surface area contributed by atoms with E-state index >= 15 is 0 Å². The molecule has 4 nitrogen and oxygen atoms in total. The van der Waals surface area contributed by atoms with Crippen LogP contribution in [0.4, 0.5) is 11.4 Å². The maximum atomic E-state index is 11.0. The number of carbonyl (C=O) groups is 1. The molecule has 0 radical (unpaired) electrons. The zero-order chi connectivity index (χ0) is 12.1. The third-order valence-corrected chi connectivity index (χ3v) is 2.12. The van der Waals surface area contributed by atoms with Crippen LogP contribution in [0.15, 0.2) is 30.0 Å². The summed E-state index contributed by atoms with van der Waals surface area (Å²) in [6, 6.07) is 5.09. The van der Waals surface area contributed by atoms with Crippen LogP contribution in [-0.2, 0) is 9.53 Å². The van der Waals surface area contributed by atoms with Crippen molar-refractivity contribution in [2.75, 3.05) is 18.2 Å². The second kappa shape index (κ2) is 5.42. The molecule has 0 amide bonds. The molecule has 0 saturated heterocycles. The Hall–Kier alpha value is -1.68. The molecule has 0 unspecified atom stereocenters. The summed E-state index contributed by atoms with van der Waals surface area (Å²) >= 11 is 5.76. The van der Waals surface area contributed by atoms with E-state index in [4.69, 9.17) is 17.3 Å². The third-order valence-electron chi connectivity index (χ3n) is 1.88. The first kappa shape index (κ1) is 12.4. The van der Waals surface area contributed by atoms with Crippen LogP contribution in [-0.4, -0.2) is 13.1 Å². The Morgan fingerprint density at radius 2 is 2.25 bits per heavy atom. The van der Waals surface area contributed by atoms with Gasteiger partial charge in [0.15, 0.2) is 0 Å². The lowest BCUT2D eigenvalue weighted by Crippen LogP contribution is -2.03. The van der Waals surface area contributed by atoms with Gasteiger partial charge in [-0.1, -0.05) is 11.6 Å². The molecule has 0 spiro atoms. The molecule has 0 aromatic heterocycles. The second-order valence-electron chi connectivity index (χ2n) is 3.21. The van der Waals surface area contributed by atoms with Crippen molar-refractivity contribution in [3.05, 3.63) is 35.0 Å². The fourth-order valence-corrected chi connectivity index (χ4v) is 1.31. The fourth-order valence-electron chi connectivity index (χ4n) is 1.13. The lowest BCUT2D eigenvalue weighted by molar-refractivity contribution is -0.134. The number of halogens is 1. The molecular formula is C11H13ClN2O2. The number of anilines is 2. The molecule has 0 bridgehead atoms. The van der Waals surface area contributed by atoms with Gasteiger partial charge in [0.1, 0.15) is 0 Å². The lowest BCUT2D eigenvalue weighted by Gasteiger charge is -2.09. The van der Waals surface area contributed by atoms with Crippen LogP contribution in [0.25, 0.3) is 0 Å². The molecule has 1 aromatic rings. The minimum absolute atomic E-state index is 0.419. The molecule has 0 aliphatic heterocycles. The molecule has 16 heavy (non-hydrogen) atoms. The number of nitrogens with one attached hydrogen (secondary N) is 1. The molecule has 0 saturated carbocycles. The van der Waals surface area contributed by atoms with Gasteiger partial charge in [-0.3, -0.25) is 0 Å². The van der Waals surface area contributed by atoms with Crippen LogP contribution in [0.1, 0.15) is 6.92 Å². The number of benzene rings is 1. The van der Waals surface area contributed by atoms with Crippen LogP contribution in [0.2, 0.25) is 5.02 Å². The Morgan fingerprint density at radius 1 is 1.56 bits per heavy atom. The Kier molecular flexibility index (Phi) is 4.19. The zero-order valence-electron chi connectivity index (χ0n) is 9.08. The highest BCUT2D eigenvalue weighted by atomic mass is 35.5. The molecular weight excluding hydrogens is 228 g/mol. The number of carbonyl (C=O) groups excluding carboxylic acids is 1. The van der Waals surface area contributed by atoms with Gasteiger partial charge in [-0.05, 0) is 25.1 Å². The third kappa shape index (κ3) is 3.47. The Labute approximate surface area is 99.0 Å². The second-order valence-corrected chi connectivity index (χ2v) is 3.64. The molecule has 86 valence electrons. The first-order valence-corrected chi connectivity index (χ1v) is 4.99. The summed E-state index contributed by atoms with van der Waals surface area (Å²) in [6.07, 6.45) is 1.34. The molecule has 0 aliphatic carbocycles. The van der Waals surface area contributed by atoms with Crippen molar-refractivity contribution in [3.8, 4) is 0 Å². The van der Waals surface area contributed by atoms with Gasteiger partial charge < -0.3 is 15.8 Å². The van der Waals surface area contributed by atoms with E-state index in [9.17, 15) is 4.79 Å². The van der Waals surface area contributed by atoms with Gasteiger partial charge in [0.2, 0.25) is 0 Å². The summed E-state index contributed by atoms with van der Waals surface area (Å²) in [5.41, 5.74) is 7.60. The molecule has 0 heterocycles. The zero-order valence-corrected chi connectivity index (χ0v) is 9.84. The van der Waals surface area contributed by atoms with Crippen molar-refractivity contribution in [2.45, 2.75) is 6.92 Å². The lowest BCUT2D eigenvalue weighted by atomic mass is 10.2. The van der Waals surface area contributed by atoms with Gasteiger partial charge in [0, 0.05) is 16.8 Å². The Balaban J connectivity index is 2.81. The summed E-state index contributed by atoms with van der Waals surface area (Å²) in [5, 5.41) is 3.55. The smallest absolute Gasteiger partial charge is 0.332 e. The highest BCUT2D eigenvalue weighted by molar-refractivity contribution is 6.31. The van der Waals surface area contributed by atoms with E-state index in [1.165, 1.54) is 13.2 Å². The fraction of sp³-hybridized carbons (Fsp3) is 0.182. The van der Waals surface area contributed by atoms with Gasteiger partial charge in [-0.25, -0.2) is 4.79 Å². The Morgan fingerprint density at radius 3 is 2.81 bits per heavy atom. The monoisotopic (exact) mass is 240 g/mol. The van der Waals surface area contributed by atoms with Crippen molar-refractivity contribution in [2.24, 2.45) is 0 Å². The minimum atomic E-state index is -0.419. The summed E-state index contributed by atoms with van der Waals surface area (Å²) < 4.78 is 4.50. The van der Waals surface area contributed by atoms with Crippen molar-refractivity contribution >= 4 is 28.9 Å². The van der Waals surface area contributed by atoms with Crippen LogP contribution in [0.3, 0.4) is 0 Å². The van der Waals surface area contributed by atoms with E-state index in [0.717, 1.165) is 0 Å². The number of hydrogen-bond acceptors (Lipinski definition) is 4. The predicted molar refractivity (Wildman–Crippen MR) is 65.3 cm³/mol. The predicted octanol–water partition coefficient (Wildman–Crippen LogP) is 2.41. The minimum Gasteiger partial charge on any atom is -0.466 e. The van der Waals surface area contributed by atoms with Crippen LogP contribution >= 0.6 is 11.6 Å². The van der Waals surface area contributed by atoms with Crippen molar-refractivity contribution in [3.63, 3.8) is 0 Å². The molecule has 5 heteroatoms. The van der Waals surface area contributed by atoms with Gasteiger partial charge in [-0.15, -0.1) is 0 Å². The highest BCUT2D eigenvalue weighted by Crippen LogP contribution is 2.23.